The van der Waals surface area contributed by atoms with Crippen LogP contribution in [-0.4, -0.2) is 5.97 Å². The molecule has 0 amide bonds. The maximum Gasteiger partial charge on any atom is 0.0721 e. The van der Waals surface area contributed by atoms with Gasteiger partial charge in [0.15, 0.2) is 0 Å². The lowest BCUT2D eigenvalue weighted by Gasteiger charge is -2.09. The number of carbonyl (C=O) groups excluding carboxylic acids is 1. The number of carbonyl (C=O) groups is 1. The molecule has 0 bridgehead atoms. The molecule has 0 aliphatic rings. The van der Waals surface area contributed by atoms with Crippen molar-refractivity contribution in [3.63, 3.8) is 0 Å². The van der Waals surface area contributed by atoms with Gasteiger partial charge in [0, 0.05) is 10.6 Å². The molecule has 0 atom stereocenters. The molecule has 2 nitrogen and oxygen atoms in total. The second kappa shape index (κ2) is 5.52. The number of hydrogen-bond donors (Lipinski definition) is 0. The van der Waals surface area contributed by atoms with Gasteiger partial charge in [-0.2, -0.15) is 0 Å². The quantitative estimate of drug-likeness (QED) is 0.626. The first-order valence-electron chi connectivity index (χ1n) is 5.41. The van der Waals surface area contributed by atoms with Gasteiger partial charge < -0.3 is 9.90 Å². The first-order valence-corrected chi connectivity index (χ1v) is 5.78. The Morgan fingerprint density at radius 1 is 1.00 bits per heavy atom. The van der Waals surface area contributed by atoms with Crippen molar-refractivity contribution in [2.45, 2.75) is 0 Å². The summed E-state index contributed by atoms with van der Waals surface area (Å²) < 4.78 is 0. The summed E-state index contributed by atoms with van der Waals surface area (Å²) in [5, 5.41) is 11.7. The van der Waals surface area contributed by atoms with Crippen LogP contribution in [0.25, 0.3) is 11.6 Å². The molecule has 18 heavy (non-hydrogen) atoms. The molecule has 0 aliphatic carbocycles. The lowest BCUT2D eigenvalue weighted by molar-refractivity contribution is -0.295. The largest absolute Gasteiger partial charge is 0.545 e. The van der Waals surface area contributed by atoms with Crippen LogP contribution in [0.5, 0.6) is 0 Å². The van der Waals surface area contributed by atoms with Gasteiger partial charge in [0.2, 0.25) is 0 Å². The van der Waals surface area contributed by atoms with E-state index in [1.54, 1.807) is 30.3 Å². The van der Waals surface area contributed by atoms with Crippen molar-refractivity contribution in [2.24, 2.45) is 0 Å². The summed E-state index contributed by atoms with van der Waals surface area (Å²) in [5.74, 6) is -1.21. The monoisotopic (exact) mass is 257 g/mol. The van der Waals surface area contributed by atoms with Crippen LogP contribution in [-0.2, 0) is 4.79 Å². The molecule has 0 aromatic heterocycles. The van der Waals surface area contributed by atoms with Crippen molar-refractivity contribution in [3.8, 4) is 0 Å². The molecule has 0 saturated carbocycles. The van der Waals surface area contributed by atoms with Gasteiger partial charge in [-0.1, -0.05) is 54.1 Å². The zero-order valence-electron chi connectivity index (χ0n) is 9.47. The first-order chi connectivity index (χ1) is 8.66. The number of rotatable bonds is 3. The second-order valence-electron chi connectivity index (χ2n) is 3.76. The minimum Gasteiger partial charge on any atom is -0.545 e. The predicted octanol–water partition coefficient (Wildman–Crippen LogP) is 2.63. The molecule has 0 saturated heterocycles. The first kappa shape index (κ1) is 12.4. The normalized spacial score (nSPS) is 11.3. The van der Waals surface area contributed by atoms with Crippen molar-refractivity contribution >= 4 is 29.2 Å². The van der Waals surface area contributed by atoms with E-state index in [1.807, 2.05) is 30.3 Å². The third-order valence-corrected chi connectivity index (χ3v) is 2.74. The lowest BCUT2D eigenvalue weighted by Crippen LogP contribution is -2.23. The summed E-state index contributed by atoms with van der Waals surface area (Å²) in [4.78, 5) is 11.2. The minimum absolute atomic E-state index is 0.137. The summed E-state index contributed by atoms with van der Waals surface area (Å²) in [5.41, 5.74) is 1.52. The molecule has 2 rings (SSSR count). The predicted molar refractivity (Wildman–Crippen MR) is 70.8 cm³/mol. The van der Waals surface area contributed by atoms with Gasteiger partial charge in [-0.05, 0) is 29.3 Å². The number of halogens is 1. The summed E-state index contributed by atoms with van der Waals surface area (Å²) in [7, 11) is 0. The highest BCUT2D eigenvalue weighted by Crippen LogP contribution is 2.20. The Balaban J connectivity index is 2.44. The minimum atomic E-state index is -1.21. The molecule has 0 aliphatic heterocycles. The Kier molecular flexibility index (Phi) is 3.80. The molecule has 0 heterocycles. The van der Waals surface area contributed by atoms with Crippen LogP contribution in [0.3, 0.4) is 0 Å². The van der Waals surface area contributed by atoms with Crippen LogP contribution < -0.4 is 5.11 Å². The van der Waals surface area contributed by atoms with E-state index in [0.29, 0.717) is 10.6 Å². The van der Waals surface area contributed by atoms with E-state index in [9.17, 15) is 9.90 Å². The smallest absolute Gasteiger partial charge is 0.0721 e. The van der Waals surface area contributed by atoms with E-state index < -0.39 is 5.97 Å². The van der Waals surface area contributed by atoms with Crippen LogP contribution >= 0.6 is 11.6 Å². The van der Waals surface area contributed by atoms with Crippen LogP contribution in [0.1, 0.15) is 11.1 Å². The fourth-order valence-corrected chi connectivity index (χ4v) is 1.73. The maximum absolute atomic E-state index is 11.2. The topological polar surface area (TPSA) is 40.1 Å². The third-order valence-electron chi connectivity index (χ3n) is 2.49. The Hall–Kier alpha value is -2.06. The van der Waals surface area contributed by atoms with Crippen LogP contribution in [0.15, 0.2) is 54.6 Å². The summed E-state index contributed by atoms with van der Waals surface area (Å²) in [6.07, 6.45) is 1.58. The third kappa shape index (κ3) is 2.99. The fraction of sp³-hybridized carbons (Fsp3) is 0. The molecule has 3 heteroatoms. The van der Waals surface area contributed by atoms with Crippen molar-refractivity contribution in [1.29, 1.82) is 0 Å². The van der Waals surface area contributed by atoms with E-state index in [1.165, 1.54) is 0 Å². The molecule has 2 aromatic rings. The lowest BCUT2D eigenvalue weighted by atomic mass is 10.0. The Morgan fingerprint density at radius 2 is 1.61 bits per heavy atom. The standard InChI is InChI=1S/C15H11ClO2/c16-13-8-6-12(7-9-13)14(15(17)18)10-11-4-2-1-3-5-11/h1-10H,(H,17,18)/p-1/b14-10-. The highest BCUT2D eigenvalue weighted by molar-refractivity contribution is 6.30. The highest BCUT2D eigenvalue weighted by Gasteiger charge is 2.03. The Bertz CT molecular complexity index is 571. The zero-order chi connectivity index (χ0) is 13.0. The van der Waals surface area contributed by atoms with Crippen molar-refractivity contribution < 1.29 is 9.90 Å². The highest BCUT2D eigenvalue weighted by atomic mass is 35.5. The average Bonchev–Trinajstić information content (AvgIpc) is 2.38. The van der Waals surface area contributed by atoms with Gasteiger partial charge in [0.05, 0.1) is 5.97 Å². The molecule has 0 radical (unpaired) electrons. The van der Waals surface area contributed by atoms with E-state index in [0.717, 1.165) is 5.56 Å². The number of carboxylic acid groups (broad SMARTS) is 1. The van der Waals surface area contributed by atoms with E-state index >= 15 is 0 Å². The summed E-state index contributed by atoms with van der Waals surface area (Å²) in [6.45, 7) is 0. The maximum atomic E-state index is 11.2. The van der Waals surface area contributed by atoms with E-state index in [2.05, 4.69) is 0 Å². The van der Waals surface area contributed by atoms with Crippen molar-refractivity contribution in [1.82, 2.24) is 0 Å². The molecular formula is C15H10ClO2-. The molecule has 0 N–H and O–H groups in total. The van der Waals surface area contributed by atoms with E-state index in [-0.39, 0.29) is 5.57 Å². The van der Waals surface area contributed by atoms with Gasteiger partial charge in [0.1, 0.15) is 0 Å². The van der Waals surface area contributed by atoms with Crippen LogP contribution in [0, 0.1) is 0 Å². The molecule has 0 spiro atoms. The SMILES string of the molecule is O=C([O-])/C(=C\c1ccccc1)c1ccc(Cl)cc1. The van der Waals surface area contributed by atoms with E-state index in [4.69, 9.17) is 11.6 Å². The van der Waals surface area contributed by atoms with Crippen LogP contribution in [0.2, 0.25) is 5.02 Å². The Morgan fingerprint density at radius 3 is 2.17 bits per heavy atom. The number of hydrogen-bond acceptors (Lipinski definition) is 2. The molecular weight excluding hydrogens is 248 g/mol. The van der Waals surface area contributed by atoms with Gasteiger partial charge in [-0.15, -0.1) is 0 Å². The molecule has 90 valence electrons. The van der Waals surface area contributed by atoms with Crippen molar-refractivity contribution in [3.05, 3.63) is 70.7 Å². The van der Waals surface area contributed by atoms with Gasteiger partial charge in [-0.25, -0.2) is 0 Å². The second-order valence-corrected chi connectivity index (χ2v) is 4.20. The van der Waals surface area contributed by atoms with Crippen molar-refractivity contribution in [2.75, 3.05) is 0 Å². The molecule has 0 fully saturated rings. The summed E-state index contributed by atoms with van der Waals surface area (Å²) >= 11 is 5.77. The van der Waals surface area contributed by atoms with Gasteiger partial charge >= 0.3 is 0 Å². The van der Waals surface area contributed by atoms with Crippen LogP contribution in [0.4, 0.5) is 0 Å². The van der Waals surface area contributed by atoms with Gasteiger partial charge in [0.25, 0.3) is 0 Å². The number of carboxylic acids is 1. The molecule has 2 aromatic carbocycles. The average molecular weight is 258 g/mol. The van der Waals surface area contributed by atoms with Gasteiger partial charge in [-0.3, -0.25) is 0 Å². The molecule has 0 unspecified atom stereocenters. The number of benzene rings is 2. The summed E-state index contributed by atoms with van der Waals surface area (Å²) in [6, 6.07) is 15.9. The zero-order valence-corrected chi connectivity index (χ0v) is 10.2. The fourth-order valence-electron chi connectivity index (χ4n) is 1.61. The number of aliphatic carboxylic acids is 1. The Labute approximate surface area is 110 Å².